The van der Waals surface area contributed by atoms with Crippen molar-refractivity contribution in [2.24, 2.45) is 11.1 Å². The Morgan fingerprint density at radius 3 is 2.40 bits per heavy atom. The van der Waals surface area contributed by atoms with Gasteiger partial charge in [0, 0.05) is 0 Å². The van der Waals surface area contributed by atoms with Crippen LogP contribution >= 0.6 is 11.6 Å². The maximum Gasteiger partial charge on any atom is 0.324 e. The lowest BCUT2D eigenvalue weighted by Gasteiger charge is -2.33. The Morgan fingerprint density at radius 2 is 1.87 bits per heavy atom. The van der Waals surface area contributed by atoms with Crippen molar-refractivity contribution in [1.29, 1.82) is 0 Å². The van der Waals surface area contributed by atoms with E-state index < -0.39 is 29.4 Å². The van der Waals surface area contributed by atoms with Crippen LogP contribution in [0, 0.1) is 5.92 Å². The molecule has 3 atom stereocenters. The third kappa shape index (κ3) is 5.65. The number of nitrogens with zero attached hydrogens (tertiary/aromatic N) is 1. The van der Waals surface area contributed by atoms with Crippen molar-refractivity contribution in [2.45, 2.75) is 73.7 Å². The van der Waals surface area contributed by atoms with E-state index in [1.54, 1.807) is 18.2 Å². The average Bonchev–Trinajstić information content (AvgIpc) is 3.03. The summed E-state index contributed by atoms with van der Waals surface area (Å²) in [6.07, 6.45) is 1.17. The highest BCUT2D eigenvalue weighted by atomic mass is 35.5. The van der Waals surface area contributed by atoms with E-state index >= 15 is 0 Å². The van der Waals surface area contributed by atoms with Gasteiger partial charge in [-0.1, -0.05) is 39.0 Å². The number of hydrogen-bond donors (Lipinski definition) is 0. The van der Waals surface area contributed by atoms with Crippen LogP contribution in [-0.2, 0) is 23.9 Å². The lowest BCUT2D eigenvalue weighted by atomic mass is 10.0. The van der Waals surface area contributed by atoms with Gasteiger partial charge in [0.05, 0.1) is 23.1 Å². The Kier molecular flexibility index (Phi) is 7.80. The molecular weight excluding hydrogens is 442 g/mol. The molecule has 0 N–H and O–H groups in total. The molecule has 1 aromatic carbocycles. The summed E-state index contributed by atoms with van der Waals surface area (Å²) >= 11 is 6.48. The average molecular weight is 474 g/mol. The fourth-order valence-corrected chi connectivity index (χ4v) is 5.82. The molecule has 9 heteroatoms. The molecular formula is C21H32ClNO5SSi. The summed E-state index contributed by atoms with van der Waals surface area (Å²) in [7, 11) is -4.74. The van der Waals surface area contributed by atoms with Gasteiger partial charge < -0.3 is 9.26 Å². The van der Waals surface area contributed by atoms with Gasteiger partial charge >= 0.3 is 5.97 Å². The number of benzene rings is 1. The molecule has 1 aliphatic rings. The molecule has 0 bridgehead atoms. The molecule has 0 spiro atoms. The van der Waals surface area contributed by atoms with Crippen LogP contribution in [0.15, 0.2) is 40.4 Å². The Hall–Kier alpha value is -1.38. The lowest BCUT2D eigenvalue weighted by molar-refractivity contribution is -0.140. The minimum absolute atomic E-state index is 0.0105. The molecule has 0 radical (unpaired) electrons. The van der Waals surface area contributed by atoms with E-state index in [1.807, 2.05) is 0 Å². The third-order valence-electron chi connectivity index (χ3n) is 6.05. The summed E-state index contributed by atoms with van der Waals surface area (Å²) in [4.78, 5) is 12.5. The molecule has 168 valence electrons. The fourth-order valence-electron chi connectivity index (χ4n) is 3.08. The van der Waals surface area contributed by atoms with E-state index in [-0.39, 0.29) is 27.6 Å². The lowest BCUT2D eigenvalue weighted by Crippen LogP contribution is -2.39. The van der Waals surface area contributed by atoms with Crippen molar-refractivity contribution in [2.75, 3.05) is 7.11 Å². The van der Waals surface area contributed by atoms with Crippen molar-refractivity contribution in [3.8, 4) is 0 Å². The number of methoxy groups -OCH3 is 1. The summed E-state index contributed by atoms with van der Waals surface area (Å²) in [6.45, 7) is 10.6. The second kappa shape index (κ2) is 9.40. The Morgan fingerprint density at radius 1 is 1.27 bits per heavy atom. The zero-order valence-electron chi connectivity index (χ0n) is 18.5. The summed E-state index contributed by atoms with van der Waals surface area (Å²) in [5.41, 5.74) is 0.715. The van der Waals surface area contributed by atoms with E-state index in [9.17, 15) is 13.2 Å². The molecule has 0 heterocycles. The predicted octanol–water partition coefficient (Wildman–Crippen LogP) is 4.79. The van der Waals surface area contributed by atoms with Gasteiger partial charge in [-0.15, -0.1) is 16.8 Å². The number of oxime groups is 1. The van der Waals surface area contributed by atoms with Gasteiger partial charge in [-0.3, -0.25) is 4.79 Å². The number of esters is 1. The highest BCUT2D eigenvalue weighted by Crippen LogP contribution is 2.38. The van der Waals surface area contributed by atoms with Crippen LogP contribution in [-0.4, -0.2) is 46.2 Å². The topological polar surface area (TPSA) is 82.0 Å². The second-order valence-corrected chi connectivity index (χ2v) is 16.7. The molecule has 0 aromatic heterocycles. The minimum Gasteiger partial charge on any atom is -0.468 e. The smallest absolute Gasteiger partial charge is 0.324 e. The Balaban J connectivity index is 2.19. The fraction of sp³-hybridized carbons (Fsp3) is 0.619. The van der Waals surface area contributed by atoms with E-state index in [0.29, 0.717) is 18.6 Å². The third-order valence-corrected chi connectivity index (χ3v) is 12.7. The summed E-state index contributed by atoms with van der Waals surface area (Å²) in [5.74, 6) is -0.857. The maximum absolute atomic E-state index is 13.1. The van der Waals surface area contributed by atoms with Crippen LogP contribution < -0.4 is 0 Å². The van der Waals surface area contributed by atoms with Gasteiger partial charge in [0.15, 0.2) is 15.1 Å². The van der Waals surface area contributed by atoms with Gasteiger partial charge in [0.2, 0.25) is 0 Å². The molecule has 1 saturated carbocycles. The molecule has 2 rings (SSSR count). The second-order valence-electron chi connectivity index (χ2n) is 9.31. The monoisotopic (exact) mass is 473 g/mol. The SMILES string of the molecule is COC(=O)C(CC1C/C(=N\O[Si](C)(C)C(C)(C)C)C(Cl)C1)S(=O)(=O)c1ccccc1. The van der Waals surface area contributed by atoms with Gasteiger partial charge in [0.1, 0.15) is 0 Å². The summed E-state index contributed by atoms with van der Waals surface area (Å²) in [5, 5.41) is 2.76. The van der Waals surface area contributed by atoms with Gasteiger partial charge in [-0.2, -0.15) is 0 Å². The van der Waals surface area contributed by atoms with Crippen molar-refractivity contribution >= 4 is 41.4 Å². The first kappa shape index (κ1) is 24.9. The zero-order chi connectivity index (χ0) is 22.7. The Bertz CT molecular complexity index is 880. The number of halogens is 1. The molecule has 0 aliphatic heterocycles. The summed E-state index contributed by atoms with van der Waals surface area (Å²) in [6, 6.07) is 7.98. The first-order chi connectivity index (χ1) is 13.8. The molecule has 0 amide bonds. The number of hydrogen-bond acceptors (Lipinski definition) is 6. The van der Waals surface area contributed by atoms with E-state index in [4.69, 9.17) is 20.9 Å². The van der Waals surface area contributed by atoms with E-state index in [1.165, 1.54) is 19.2 Å². The Labute approximate surface area is 186 Å². The number of sulfone groups is 1. The molecule has 1 aliphatic carbocycles. The first-order valence-corrected chi connectivity index (χ1v) is 14.9. The number of rotatable bonds is 7. The van der Waals surface area contributed by atoms with Crippen molar-refractivity contribution < 1.29 is 22.5 Å². The van der Waals surface area contributed by atoms with Gasteiger partial charge in [-0.05, 0) is 55.4 Å². The van der Waals surface area contributed by atoms with Crippen LogP contribution in [0.4, 0.5) is 0 Å². The number of carbonyl (C=O) groups excluding carboxylic acids is 1. The van der Waals surface area contributed by atoms with Crippen LogP contribution in [0.3, 0.4) is 0 Å². The number of ether oxygens (including phenoxy) is 1. The van der Waals surface area contributed by atoms with Crippen LogP contribution in [0.25, 0.3) is 0 Å². The largest absolute Gasteiger partial charge is 0.468 e. The maximum atomic E-state index is 13.1. The predicted molar refractivity (Wildman–Crippen MR) is 122 cm³/mol. The molecule has 3 unspecified atom stereocenters. The highest BCUT2D eigenvalue weighted by molar-refractivity contribution is 7.92. The van der Waals surface area contributed by atoms with Crippen LogP contribution in [0.5, 0.6) is 0 Å². The van der Waals surface area contributed by atoms with Crippen molar-refractivity contribution in [1.82, 2.24) is 0 Å². The molecule has 0 saturated heterocycles. The first-order valence-electron chi connectivity index (χ1n) is 10.1. The van der Waals surface area contributed by atoms with Crippen LogP contribution in [0.2, 0.25) is 18.1 Å². The van der Waals surface area contributed by atoms with Gasteiger partial charge in [0.25, 0.3) is 8.32 Å². The summed E-state index contributed by atoms with van der Waals surface area (Å²) < 4.78 is 36.9. The van der Waals surface area contributed by atoms with Crippen molar-refractivity contribution in [3.63, 3.8) is 0 Å². The van der Waals surface area contributed by atoms with E-state index in [2.05, 4.69) is 39.0 Å². The van der Waals surface area contributed by atoms with Crippen LogP contribution in [0.1, 0.15) is 40.0 Å². The molecule has 1 fully saturated rings. The van der Waals surface area contributed by atoms with Crippen molar-refractivity contribution in [3.05, 3.63) is 30.3 Å². The van der Waals surface area contributed by atoms with E-state index in [0.717, 1.165) is 0 Å². The molecule has 6 nitrogen and oxygen atoms in total. The normalized spacial score (nSPS) is 22.7. The minimum atomic E-state index is -3.87. The van der Waals surface area contributed by atoms with Gasteiger partial charge in [-0.25, -0.2) is 8.42 Å². The number of carbonyl (C=O) groups is 1. The molecule has 30 heavy (non-hydrogen) atoms. The highest BCUT2D eigenvalue weighted by Gasteiger charge is 2.42. The number of alkyl halides is 1. The standard InChI is InChI=1S/C21H32ClNO5SSi/c1-21(2,3)30(5,6)28-23-18-13-15(12-17(18)22)14-19(20(24)27-4)29(25,26)16-10-8-7-9-11-16/h7-11,15,17,19H,12-14H2,1-6H3/b23-18+. The quantitative estimate of drug-likeness (QED) is 0.246. The molecule has 1 aromatic rings. The zero-order valence-corrected chi connectivity index (χ0v) is 21.1.